The van der Waals surface area contributed by atoms with Crippen molar-refractivity contribution in [2.24, 2.45) is 0 Å². The molecule has 4 aromatic carbocycles. The van der Waals surface area contributed by atoms with Gasteiger partial charge in [-0.1, -0.05) is 76.2 Å². The second-order valence-corrected chi connectivity index (χ2v) is 21.0. The molecule has 372 valence electrons. The molecule has 0 amide bonds. The van der Waals surface area contributed by atoms with E-state index in [2.05, 4.69) is 69.5 Å². The predicted molar refractivity (Wildman–Crippen MR) is 278 cm³/mol. The number of aromatic nitrogens is 2. The van der Waals surface area contributed by atoms with E-state index < -0.39 is 59.8 Å². The maximum Gasteiger partial charge on any atom is 0.351 e. The number of hydrogen-bond acceptors (Lipinski definition) is 11. The number of esters is 2. The number of ether oxygens (including phenoxy) is 5. The fraction of sp³-hybridized carbons (Fsp3) is 0.308. The molecule has 0 aliphatic heterocycles. The van der Waals surface area contributed by atoms with Crippen LogP contribution in [0.4, 0.5) is 11.4 Å². The van der Waals surface area contributed by atoms with Crippen molar-refractivity contribution in [1.29, 1.82) is 0 Å². The van der Waals surface area contributed by atoms with Gasteiger partial charge in [-0.15, -0.1) is 0 Å². The molecular weight excluding hydrogens is 1080 g/mol. The van der Waals surface area contributed by atoms with Crippen LogP contribution in [0.2, 0.25) is 0 Å². The van der Waals surface area contributed by atoms with Crippen LogP contribution >= 0.6 is 31.9 Å². The molecule has 0 saturated heterocycles. The van der Waals surface area contributed by atoms with Crippen LogP contribution in [0.3, 0.4) is 0 Å². The highest BCUT2D eigenvalue weighted by Crippen LogP contribution is 2.44. The van der Waals surface area contributed by atoms with Crippen LogP contribution in [0, 0.1) is 0 Å². The molecule has 0 fully saturated rings. The Bertz CT molecular complexity index is 2960. The first kappa shape index (κ1) is 51.6. The van der Waals surface area contributed by atoms with Crippen LogP contribution in [0.5, 0.6) is 34.8 Å². The summed E-state index contributed by atoms with van der Waals surface area (Å²) in [4.78, 5) is 34.9. The highest BCUT2D eigenvalue weighted by atomic mass is 79.9. The summed E-state index contributed by atoms with van der Waals surface area (Å²) in [7, 11) is 0. The zero-order valence-electron chi connectivity index (χ0n) is 39.3. The minimum Gasteiger partial charge on any atom is -0.482 e. The van der Waals surface area contributed by atoms with Gasteiger partial charge in [-0.2, -0.15) is 0 Å². The van der Waals surface area contributed by atoms with E-state index in [9.17, 15) is 27.1 Å². The van der Waals surface area contributed by atoms with Crippen LogP contribution in [0.1, 0.15) is 111 Å². The Morgan fingerprint density at radius 1 is 0.634 bits per heavy atom. The maximum atomic E-state index is 13.0. The van der Waals surface area contributed by atoms with Crippen molar-refractivity contribution in [2.45, 2.75) is 90.1 Å². The first-order chi connectivity index (χ1) is 34.1. The number of carbonyl (C=O) groups excluding carboxylic acids is 2. The first-order valence-corrected chi connectivity index (χ1v) is 26.8. The third-order valence-corrected chi connectivity index (χ3v) is 15.0. The van der Waals surface area contributed by atoms with Crippen molar-refractivity contribution in [1.82, 2.24) is 9.97 Å². The Morgan fingerprint density at radius 3 is 1.55 bits per heavy atom. The van der Waals surface area contributed by atoms with E-state index in [0.717, 1.165) is 27.8 Å². The fourth-order valence-corrected chi connectivity index (χ4v) is 11.1. The van der Waals surface area contributed by atoms with Crippen LogP contribution in [-0.2, 0) is 49.7 Å². The lowest BCUT2D eigenvalue weighted by molar-refractivity contribution is -0.162. The third kappa shape index (κ3) is 12.3. The second-order valence-electron chi connectivity index (χ2n) is 17.6. The average Bonchev–Trinajstić information content (AvgIpc) is 3.34. The lowest BCUT2D eigenvalue weighted by Gasteiger charge is -2.35. The molecular formula is C52H52Br2N4O11S2. The Hall–Kier alpha value is -5.70. The van der Waals surface area contributed by atoms with Gasteiger partial charge in [0, 0.05) is 0 Å². The molecule has 0 radical (unpaired) electrons. The van der Waals surface area contributed by atoms with Gasteiger partial charge in [-0.25, -0.2) is 28.0 Å². The normalized spacial score (nSPS) is 16.0. The number of benzene rings is 4. The van der Waals surface area contributed by atoms with Gasteiger partial charge in [0.15, 0.2) is 13.2 Å². The largest absolute Gasteiger partial charge is 0.482 e. The molecule has 4 unspecified atom stereocenters. The van der Waals surface area contributed by atoms with E-state index in [0.29, 0.717) is 105 Å². The minimum absolute atomic E-state index is 0.297. The van der Waals surface area contributed by atoms with Gasteiger partial charge in [0.05, 0.1) is 44.8 Å². The van der Waals surface area contributed by atoms with Gasteiger partial charge in [-0.3, -0.25) is 17.7 Å². The monoisotopic (exact) mass is 1130 g/mol. The van der Waals surface area contributed by atoms with Crippen molar-refractivity contribution in [2.75, 3.05) is 21.8 Å². The van der Waals surface area contributed by atoms with Gasteiger partial charge in [0.1, 0.15) is 23.0 Å². The number of anilines is 2. The Balaban J connectivity index is 0.886. The number of halogens is 2. The SMILES string of the molecule is CC(C)c1ccc(Oc2ncc(N(C3CCCc4c(OCC(=O)OC(=O)COc5cccc6c5CCCC6N(c5cnc(Oc6cccc(C(C)C)c6)c(Br)c5)S(=O)O)cccc43)S(=O)O)cc2Br)cc1. The van der Waals surface area contributed by atoms with Crippen LogP contribution in [0.15, 0.2) is 118 Å². The number of rotatable bonds is 18. The van der Waals surface area contributed by atoms with Crippen LogP contribution < -0.4 is 27.6 Å². The van der Waals surface area contributed by atoms with Gasteiger partial charge in [-0.05, 0) is 164 Å². The number of pyridine rings is 2. The molecule has 2 aliphatic rings. The molecule has 4 atom stereocenters. The van der Waals surface area contributed by atoms with E-state index >= 15 is 0 Å². The molecule has 2 aliphatic carbocycles. The van der Waals surface area contributed by atoms with Gasteiger partial charge >= 0.3 is 11.9 Å². The highest BCUT2D eigenvalue weighted by Gasteiger charge is 2.34. The maximum absolute atomic E-state index is 13.0. The molecule has 2 aromatic heterocycles. The molecule has 0 saturated carbocycles. The van der Waals surface area contributed by atoms with Crippen molar-refractivity contribution in [3.63, 3.8) is 0 Å². The van der Waals surface area contributed by atoms with Crippen molar-refractivity contribution < 1.29 is 50.8 Å². The summed E-state index contributed by atoms with van der Waals surface area (Å²) in [5.74, 6) is 1.38. The summed E-state index contributed by atoms with van der Waals surface area (Å²) in [6.07, 6.45) is 6.55. The summed E-state index contributed by atoms with van der Waals surface area (Å²) in [6, 6.07) is 28.3. The van der Waals surface area contributed by atoms with E-state index in [1.54, 1.807) is 36.4 Å². The Morgan fingerprint density at radius 2 is 1.10 bits per heavy atom. The van der Waals surface area contributed by atoms with E-state index in [1.807, 2.05) is 60.7 Å². The standard InChI is InChI=1S/C52H52Br2N4O11S2/c1-31(2)33-20-22-37(23-21-33)67-51-43(53)25-35(27-55-51)57(70(61)62)45-16-6-14-41-39(45)12-8-18-47(41)65-29-49(59)69-50(60)30-66-48-19-9-13-40-42(48)15-7-17-46(40)58(71(63)64)36-26-44(54)52(56-28-36)68-38-11-5-10-34(24-38)32(3)4/h5,8-13,18-28,31-32,45-46H,6-7,14-17,29-30H2,1-4H3,(H,61,62)(H,63,64). The molecule has 15 nitrogen and oxygen atoms in total. The number of carbonyl (C=O) groups is 2. The van der Waals surface area contributed by atoms with Crippen molar-refractivity contribution >= 4 is 77.7 Å². The Kier molecular flexibility index (Phi) is 16.9. The summed E-state index contributed by atoms with van der Waals surface area (Å²) in [5.41, 5.74) is 6.06. The molecule has 0 spiro atoms. The smallest absolute Gasteiger partial charge is 0.351 e. The first-order valence-electron chi connectivity index (χ1n) is 23.0. The number of nitrogens with zero attached hydrogens (tertiary/aromatic N) is 4. The molecule has 71 heavy (non-hydrogen) atoms. The van der Waals surface area contributed by atoms with Gasteiger partial charge in [0.25, 0.3) is 22.5 Å². The second kappa shape index (κ2) is 23.2. The minimum atomic E-state index is -2.45. The van der Waals surface area contributed by atoms with Gasteiger partial charge in [0.2, 0.25) is 11.8 Å². The highest BCUT2D eigenvalue weighted by molar-refractivity contribution is 9.11. The molecule has 6 aromatic rings. The molecule has 19 heteroatoms. The average molecular weight is 1130 g/mol. The summed E-state index contributed by atoms with van der Waals surface area (Å²) in [5, 5.41) is 0. The molecule has 8 rings (SSSR count). The molecule has 2 N–H and O–H groups in total. The quantitative estimate of drug-likeness (QED) is 0.0471. The fourth-order valence-electron chi connectivity index (χ4n) is 8.86. The molecule has 2 heterocycles. The lowest BCUT2D eigenvalue weighted by Crippen LogP contribution is -2.33. The van der Waals surface area contributed by atoms with Crippen LogP contribution in [0.25, 0.3) is 0 Å². The zero-order valence-corrected chi connectivity index (χ0v) is 44.1. The number of hydrogen-bond donors (Lipinski definition) is 2. The predicted octanol–water partition coefficient (Wildman–Crippen LogP) is 12.4. The lowest BCUT2D eigenvalue weighted by atomic mass is 9.87. The third-order valence-electron chi connectivity index (χ3n) is 12.3. The summed E-state index contributed by atoms with van der Waals surface area (Å²) in [6.45, 7) is 7.25. The number of fused-ring (bicyclic) bond motifs is 2. The summed E-state index contributed by atoms with van der Waals surface area (Å²) < 4.78 is 80.1. The van der Waals surface area contributed by atoms with Crippen molar-refractivity contribution in [3.05, 3.63) is 152 Å². The van der Waals surface area contributed by atoms with E-state index in [-0.39, 0.29) is 0 Å². The van der Waals surface area contributed by atoms with E-state index in [4.69, 9.17) is 23.7 Å². The Labute approximate surface area is 434 Å². The molecule has 0 bridgehead atoms. The van der Waals surface area contributed by atoms with Crippen molar-refractivity contribution in [3.8, 4) is 34.8 Å². The zero-order chi connectivity index (χ0) is 50.3. The van der Waals surface area contributed by atoms with E-state index in [1.165, 1.54) is 26.6 Å². The topological polar surface area (TPSA) is 187 Å². The summed E-state index contributed by atoms with van der Waals surface area (Å²) >= 11 is 2.17. The van der Waals surface area contributed by atoms with Gasteiger partial charge < -0.3 is 23.7 Å². The van der Waals surface area contributed by atoms with Crippen LogP contribution in [-0.4, -0.2) is 52.6 Å².